The summed E-state index contributed by atoms with van der Waals surface area (Å²) < 4.78 is 40.9. The largest absolute Gasteiger partial charge is 0.478 e. The molecule has 2 aliphatic heterocycles. The van der Waals surface area contributed by atoms with Crippen LogP contribution in [0.25, 0.3) is 5.52 Å². The molecule has 0 unspecified atom stereocenters. The molecule has 176 valence electrons. The summed E-state index contributed by atoms with van der Waals surface area (Å²) in [6, 6.07) is 5.11. The lowest BCUT2D eigenvalue weighted by Gasteiger charge is -2.30. The molecule has 3 N–H and O–H groups in total. The van der Waals surface area contributed by atoms with Gasteiger partial charge in [0.2, 0.25) is 12.4 Å². The lowest BCUT2D eigenvalue weighted by Crippen LogP contribution is -2.43. The Morgan fingerprint density at radius 3 is 2.97 bits per heavy atom. The molecule has 1 saturated carbocycles. The molecule has 5 rings (SSSR count). The summed E-state index contributed by atoms with van der Waals surface area (Å²) in [6.45, 7) is -0.899. The number of aromatic nitrogens is 3. The molecule has 0 aromatic carbocycles. The summed E-state index contributed by atoms with van der Waals surface area (Å²) in [7, 11) is -4.19. The van der Waals surface area contributed by atoms with E-state index in [4.69, 9.17) is 28.8 Å². The molecule has 5 atom stereocenters. The van der Waals surface area contributed by atoms with Gasteiger partial charge in [-0.3, -0.25) is 13.8 Å². The maximum absolute atomic E-state index is 12.9. The molecule has 13 nitrogen and oxygen atoms in total. The van der Waals surface area contributed by atoms with Gasteiger partial charge in [0.25, 0.3) is 0 Å². The molecule has 1 aliphatic carbocycles. The first kappa shape index (κ1) is 22.2. The van der Waals surface area contributed by atoms with Crippen molar-refractivity contribution in [2.24, 2.45) is 5.92 Å². The maximum atomic E-state index is 12.9. The highest BCUT2D eigenvalue weighted by Crippen LogP contribution is 2.58. The second kappa shape index (κ2) is 8.32. The SMILES string of the molecule is N#C[C@@]1(c2ccc3c(N)ncnn23)O[C@@H]2CO[P@@](=O)(OCOC(=O)C3CCCC3)O[C@H]2[C@H]1O. The van der Waals surface area contributed by atoms with Crippen LogP contribution in [0.1, 0.15) is 31.4 Å². The number of phosphoric ester groups is 1. The fraction of sp³-hybridized carbons (Fsp3) is 0.579. The second-order valence-corrected chi connectivity index (χ2v) is 9.74. The van der Waals surface area contributed by atoms with Gasteiger partial charge in [0.05, 0.1) is 18.2 Å². The van der Waals surface area contributed by atoms with E-state index < -0.39 is 44.5 Å². The van der Waals surface area contributed by atoms with Crippen LogP contribution in [0.2, 0.25) is 0 Å². The molecule has 4 heterocycles. The van der Waals surface area contributed by atoms with Gasteiger partial charge in [-0.2, -0.15) is 10.4 Å². The van der Waals surface area contributed by atoms with Gasteiger partial charge in [-0.25, -0.2) is 18.6 Å². The first-order chi connectivity index (χ1) is 15.9. The van der Waals surface area contributed by atoms with Gasteiger partial charge in [0, 0.05) is 0 Å². The number of nitriles is 1. The number of hydrogen-bond acceptors (Lipinski definition) is 12. The highest BCUT2D eigenvalue weighted by molar-refractivity contribution is 7.48. The predicted molar refractivity (Wildman–Crippen MR) is 108 cm³/mol. The standard InChI is InChI=1S/C19H22N5O8P/c20-8-19(14-6-5-12-17(21)22-9-23-24(12)14)16(25)15-13(31-19)7-29-33(27,32-15)30-10-28-18(26)11-3-1-2-4-11/h5-6,9,11,13,15-16,25H,1-4,7,10H2,(H2,21,22,23)/t13-,15-,16-,19+,33+/m1/s1. The van der Waals surface area contributed by atoms with Crippen LogP contribution in [-0.4, -0.2) is 57.4 Å². The van der Waals surface area contributed by atoms with E-state index >= 15 is 0 Å². The fourth-order valence-corrected chi connectivity index (χ4v) is 5.76. The van der Waals surface area contributed by atoms with Gasteiger partial charge in [-0.15, -0.1) is 0 Å². The lowest BCUT2D eigenvalue weighted by molar-refractivity contribution is -0.157. The molecule has 3 aliphatic rings. The number of fused-ring (bicyclic) bond motifs is 2. The summed E-state index contributed by atoms with van der Waals surface area (Å²) >= 11 is 0. The zero-order valence-corrected chi connectivity index (χ0v) is 18.3. The van der Waals surface area contributed by atoms with Crippen molar-refractivity contribution in [1.29, 1.82) is 5.26 Å². The van der Waals surface area contributed by atoms with Crippen LogP contribution in [0.3, 0.4) is 0 Å². The number of aliphatic hydroxyl groups excluding tert-OH is 1. The molecule has 0 amide bonds. The van der Waals surface area contributed by atoms with E-state index in [9.17, 15) is 19.7 Å². The zero-order chi connectivity index (χ0) is 23.2. The van der Waals surface area contributed by atoms with Crippen molar-refractivity contribution >= 4 is 25.1 Å². The number of ether oxygens (including phenoxy) is 2. The van der Waals surface area contributed by atoms with Crippen molar-refractivity contribution in [3.8, 4) is 6.07 Å². The van der Waals surface area contributed by atoms with Crippen LogP contribution < -0.4 is 5.73 Å². The molecule has 14 heteroatoms. The molecule has 2 aromatic rings. The molecule has 33 heavy (non-hydrogen) atoms. The number of phosphoric acid groups is 1. The molecule has 3 fully saturated rings. The van der Waals surface area contributed by atoms with E-state index in [0.29, 0.717) is 5.52 Å². The Hall–Kier alpha value is -2.59. The van der Waals surface area contributed by atoms with E-state index in [2.05, 4.69) is 10.1 Å². The van der Waals surface area contributed by atoms with E-state index in [1.54, 1.807) is 6.07 Å². The first-order valence-corrected chi connectivity index (χ1v) is 11.9. The van der Waals surface area contributed by atoms with Crippen LogP contribution in [0.4, 0.5) is 5.82 Å². The Morgan fingerprint density at radius 2 is 2.21 bits per heavy atom. The molecular weight excluding hydrogens is 457 g/mol. The second-order valence-electron chi connectivity index (χ2n) is 8.11. The zero-order valence-electron chi connectivity index (χ0n) is 17.4. The van der Waals surface area contributed by atoms with Gasteiger partial charge in [0.15, 0.2) is 5.82 Å². The molecule has 2 saturated heterocycles. The van der Waals surface area contributed by atoms with E-state index in [1.807, 2.05) is 6.07 Å². The van der Waals surface area contributed by atoms with Crippen molar-refractivity contribution < 1.29 is 37.5 Å². The average Bonchev–Trinajstić information content (AvgIpc) is 3.54. The normalized spacial score (nSPS) is 34.2. The van der Waals surface area contributed by atoms with Crippen LogP contribution in [-0.2, 0) is 38.0 Å². The number of esters is 1. The van der Waals surface area contributed by atoms with Crippen LogP contribution in [0, 0.1) is 17.2 Å². The Balaban J connectivity index is 1.31. The van der Waals surface area contributed by atoms with Crippen molar-refractivity contribution in [2.45, 2.75) is 49.6 Å². The Bertz CT molecular complexity index is 1160. The van der Waals surface area contributed by atoms with Gasteiger partial charge in [-0.1, -0.05) is 12.8 Å². The van der Waals surface area contributed by atoms with E-state index in [0.717, 1.165) is 25.7 Å². The summed E-state index contributed by atoms with van der Waals surface area (Å²) in [5.41, 5.74) is 4.56. The highest BCUT2D eigenvalue weighted by Gasteiger charge is 2.62. The number of carbonyl (C=O) groups excluding carboxylic acids is 1. The van der Waals surface area contributed by atoms with Crippen molar-refractivity contribution in [3.63, 3.8) is 0 Å². The lowest BCUT2D eigenvalue weighted by atomic mass is 9.92. The summed E-state index contributed by atoms with van der Waals surface area (Å²) in [6.07, 6.45) is 0.931. The summed E-state index contributed by atoms with van der Waals surface area (Å²) in [4.78, 5) is 15.9. The highest BCUT2D eigenvalue weighted by atomic mass is 31.2. The molecular formula is C19H22N5O8P. The smallest absolute Gasteiger partial charge is 0.438 e. The fourth-order valence-electron chi connectivity index (χ4n) is 4.50. The Morgan fingerprint density at radius 1 is 1.42 bits per heavy atom. The van der Waals surface area contributed by atoms with Crippen LogP contribution in [0.15, 0.2) is 18.5 Å². The monoisotopic (exact) mass is 479 g/mol. The third kappa shape index (κ3) is 3.69. The number of aliphatic hydroxyl groups is 1. The number of anilines is 1. The van der Waals surface area contributed by atoms with Crippen molar-refractivity contribution in [2.75, 3.05) is 19.1 Å². The number of nitrogens with zero attached hydrogens (tertiary/aromatic N) is 4. The minimum Gasteiger partial charge on any atom is -0.438 e. The van der Waals surface area contributed by atoms with Gasteiger partial charge >= 0.3 is 13.8 Å². The summed E-state index contributed by atoms with van der Waals surface area (Å²) in [5, 5.41) is 25.1. The summed E-state index contributed by atoms with van der Waals surface area (Å²) in [5.74, 6) is -0.440. The van der Waals surface area contributed by atoms with E-state index in [-0.39, 0.29) is 24.0 Å². The molecule has 0 radical (unpaired) electrons. The number of carbonyl (C=O) groups is 1. The van der Waals surface area contributed by atoms with Gasteiger partial charge < -0.3 is 20.3 Å². The maximum Gasteiger partial charge on any atom is 0.478 e. The number of rotatable bonds is 5. The first-order valence-electron chi connectivity index (χ1n) is 10.5. The quantitative estimate of drug-likeness (QED) is 0.353. The number of nitrogens with two attached hydrogens (primary N) is 1. The van der Waals surface area contributed by atoms with Crippen molar-refractivity contribution in [1.82, 2.24) is 14.6 Å². The molecule has 2 aromatic heterocycles. The van der Waals surface area contributed by atoms with E-state index in [1.165, 1.54) is 16.9 Å². The Labute approximate surface area is 187 Å². The molecule has 0 spiro atoms. The van der Waals surface area contributed by atoms with Crippen LogP contribution in [0.5, 0.6) is 0 Å². The topological polar surface area (TPSA) is 181 Å². The van der Waals surface area contributed by atoms with Gasteiger partial charge in [-0.05, 0) is 25.0 Å². The minimum absolute atomic E-state index is 0.180. The predicted octanol–water partition coefficient (Wildman–Crippen LogP) is 1.02. The van der Waals surface area contributed by atoms with Gasteiger partial charge in [0.1, 0.15) is 36.2 Å². The number of hydrogen-bond donors (Lipinski definition) is 2. The number of nitrogen functional groups attached to an aromatic ring is 1. The molecule has 0 bridgehead atoms. The Kier molecular flexibility index (Phi) is 5.60. The third-order valence-corrected chi connectivity index (χ3v) is 7.60. The average molecular weight is 479 g/mol. The third-order valence-electron chi connectivity index (χ3n) is 6.21. The van der Waals surface area contributed by atoms with Crippen molar-refractivity contribution in [3.05, 3.63) is 24.2 Å². The van der Waals surface area contributed by atoms with Crippen LogP contribution >= 0.6 is 7.82 Å². The minimum atomic E-state index is -4.19.